The summed E-state index contributed by atoms with van der Waals surface area (Å²) in [5.74, 6) is 0.422. The fraction of sp³-hybridized carbons (Fsp3) is 0.400. The van der Waals surface area contributed by atoms with Crippen LogP contribution in [0.2, 0.25) is 0 Å². The molecule has 0 saturated carbocycles. The van der Waals surface area contributed by atoms with Crippen molar-refractivity contribution in [2.45, 2.75) is 26.6 Å². The lowest BCUT2D eigenvalue weighted by Gasteiger charge is -2.29. The van der Waals surface area contributed by atoms with Crippen LogP contribution in [0.5, 0.6) is 0 Å². The zero-order chi connectivity index (χ0) is 12.3. The van der Waals surface area contributed by atoms with Gasteiger partial charge in [0.1, 0.15) is 0 Å². The maximum atomic E-state index is 11.6. The smallest absolute Gasteiger partial charge is 0.160 e. The molecule has 1 aliphatic carbocycles. The molecule has 1 aromatic rings. The van der Waals surface area contributed by atoms with Gasteiger partial charge in [0.15, 0.2) is 5.78 Å². The van der Waals surface area contributed by atoms with Crippen LogP contribution in [-0.4, -0.2) is 11.9 Å². The number of rotatable bonds is 3. The van der Waals surface area contributed by atoms with Crippen molar-refractivity contribution in [1.82, 2.24) is 0 Å². The van der Waals surface area contributed by atoms with Crippen molar-refractivity contribution in [3.63, 3.8) is 0 Å². The number of hydrogen-bond donors (Lipinski definition) is 0. The highest BCUT2D eigenvalue weighted by Crippen LogP contribution is 2.25. The molecule has 2 heteroatoms. The molecular formula is C15H18O2. The molecule has 0 spiro atoms. The second-order valence-corrected chi connectivity index (χ2v) is 4.67. The maximum Gasteiger partial charge on any atom is 0.160 e. The molecule has 0 heterocycles. The van der Waals surface area contributed by atoms with E-state index >= 15 is 0 Å². The first-order valence-corrected chi connectivity index (χ1v) is 6.06. The molecule has 1 aromatic carbocycles. The lowest BCUT2D eigenvalue weighted by atomic mass is 9.85. The Morgan fingerprint density at radius 2 is 1.88 bits per heavy atom. The van der Waals surface area contributed by atoms with Crippen molar-refractivity contribution in [2.75, 3.05) is 0 Å². The molecule has 17 heavy (non-hydrogen) atoms. The van der Waals surface area contributed by atoms with E-state index in [2.05, 4.69) is 6.92 Å². The fourth-order valence-corrected chi connectivity index (χ4v) is 2.19. The van der Waals surface area contributed by atoms with Gasteiger partial charge in [-0.3, -0.25) is 4.79 Å². The molecule has 1 aliphatic rings. The second kappa shape index (κ2) is 5.28. The predicted octanol–water partition coefficient (Wildman–Crippen LogP) is 2.98. The number of hydrogen-bond acceptors (Lipinski definition) is 2. The summed E-state index contributed by atoms with van der Waals surface area (Å²) in [5.41, 5.74) is 1.15. The summed E-state index contributed by atoms with van der Waals surface area (Å²) >= 11 is 0. The first kappa shape index (κ1) is 12.1. The normalized spacial score (nSPS) is 28.4. The molecule has 0 aromatic heterocycles. The van der Waals surface area contributed by atoms with E-state index in [4.69, 9.17) is 4.74 Å². The van der Waals surface area contributed by atoms with Crippen LogP contribution < -0.4 is 0 Å². The maximum absolute atomic E-state index is 11.6. The Labute approximate surface area is 102 Å². The summed E-state index contributed by atoms with van der Waals surface area (Å²) in [6.45, 7) is 4.61. The van der Waals surface area contributed by atoms with Gasteiger partial charge in [-0.15, -0.1) is 0 Å². The molecule has 0 aliphatic heterocycles. The summed E-state index contributed by atoms with van der Waals surface area (Å²) in [6, 6.07) is 10.1. The van der Waals surface area contributed by atoms with Crippen LogP contribution in [0.1, 0.15) is 19.4 Å². The molecule has 0 radical (unpaired) electrons. The summed E-state index contributed by atoms with van der Waals surface area (Å²) in [6.07, 6.45) is 3.61. The van der Waals surface area contributed by atoms with Gasteiger partial charge < -0.3 is 4.74 Å². The van der Waals surface area contributed by atoms with Gasteiger partial charge in [0.2, 0.25) is 0 Å². The van der Waals surface area contributed by atoms with Gasteiger partial charge in [-0.25, -0.2) is 0 Å². The molecule has 2 nitrogen and oxygen atoms in total. The van der Waals surface area contributed by atoms with Gasteiger partial charge in [0.25, 0.3) is 0 Å². The molecule has 0 saturated heterocycles. The van der Waals surface area contributed by atoms with Crippen LogP contribution in [0.25, 0.3) is 0 Å². The zero-order valence-corrected chi connectivity index (χ0v) is 10.3. The van der Waals surface area contributed by atoms with Crippen LogP contribution in [0.4, 0.5) is 0 Å². The van der Waals surface area contributed by atoms with Gasteiger partial charge >= 0.3 is 0 Å². The van der Waals surface area contributed by atoms with Crippen LogP contribution in [-0.2, 0) is 16.1 Å². The number of ether oxygens (including phenoxy) is 1. The van der Waals surface area contributed by atoms with Crippen LogP contribution >= 0.6 is 0 Å². The molecular weight excluding hydrogens is 212 g/mol. The third-order valence-corrected chi connectivity index (χ3v) is 3.31. The van der Waals surface area contributed by atoms with Crippen molar-refractivity contribution >= 4 is 5.78 Å². The van der Waals surface area contributed by atoms with E-state index < -0.39 is 0 Å². The molecule has 0 amide bonds. The average Bonchev–Trinajstić information content (AvgIpc) is 2.35. The lowest BCUT2D eigenvalue weighted by Crippen LogP contribution is -2.35. The predicted molar refractivity (Wildman–Crippen MR) is 67.5 cm³/mol. The third kappa shape index (κ3) is 2.83. The average molecular weight is 230 g/mol. The number of allylic oxidation sites excluding steroid dienone is 1. The lowest BCUT2D eigenvalue weighted by molar-refractivity contribution is -0.125. The Morgan fingerprint density at radius 1 is 1.18 bits per heavy atom. The largest absolute Gasteiger partial charge is 0.372 e. The highest BCUT2D eigenvalue weighted by atomic mass is 16.5. The minimum absolute atomic E-state index is 0.00675. The highest BCUT2D eigenvalue weighted by Gasteiger charge is 2.30. The quantitative estimate of drug-likeness (QED) is 0.798. The van der Waals surface area contributed by atoms with Gasteiger partial charge in [0.05, 0.1) is 12.7 Å². The first-order valence-electron chi connectivity index (χ1n) is 6.06. The molecule has 0 N–H and O–H groups in total. The van der Waals surface area contributed by atoms with Crippen molar-refractivity contribution < 1.29 is 9.53 Å². The summed E-state index contributed by atoms with van der Waals surface area (Å²) in [4.78, 5) is 11.6. The van der Waals surface area contributed by atoms with Gasteiger partial charge in [-0.2, -0.15) is 0 Å². The molecule has 90 valence electrons. The summed E-state index contributed by atoms with van der Waals surface area (Å²) < 4.78 is 5.89. The minimum atomic E-state index is -0.0429. The molecule has 0 bridgehead atoms. The Bertz CT molecular complexity index is 408. The third-order valence-electron chi connectivity index (χ3n) is 3.31. The SMILES string of the molecule is C[C@@H]1C=CC(=O)[C@@H](C)[C@H]1OCc1ccccc1. The Hall–Kier alpha value is -1.41. The van der Waals surface area contributed by atoms with E-state index in [9.17, 15) is 4.79 Å². The van der Waals surface area contributed by atoms with E-state index in [1.165, 1.54) is 0 Å². The fourth-order valence-electron chi connectivity index (χ4n) is 2.19. The first-order chi connectivity index (χ1) is 8.18. The molecule has 0 fully saturated rings. The summed E-state index contributed by atoms with van der Waals surface area (Å²) in [5, 5.41) is 0. The Morgan fingerprint density at radius 3 is 2.59 bits per heavy atom. The number of carbonyl (C=O) groups excluding carboxylic acids is 1. The van der Waals surface area contributed by atoms with Crippen molar-refractivity contribution in [2.24, 2.45) is 11.8 Å². The Kier molecular flexibility index (Phi) is 3.75. The summed E-state index contributed by atoms with van der Waals surface area (Å²) in [7, 11) is 0. The number of benzene rings is 1. The van der Waals surface area contributed by atoms with Gasteiger partial charge in [-0.1, -0.05) is 50.3 Å². The zero-order valence-electron chi connectivity index (χ0n) is 10.3. The van der Waals surface area contributed by atoms with E-state index in [0.29, 0.717) is 12.5 Å². The van der Waals surface area contributed by atoms with Crippen molar-refractivity contribution in [3.05, 3.63) is 48.0 Å². The number of ketones is 1. The van der Waals surface area contributed by atoms with Gasteiger partial charge in [-0.05, 0) is 11.6 Å². The van der Waals surface area contributed by atoms with E-state index in [1.54, 1.807) is 6.08 Å². The van der Waals surface area contributed by atoms with Gasteiger partial charge in [0, 0.05) is 11.8 Å². The van der Waals surface area contributed by atoms with Crippen LogP contribution in [0.3, 0.4) is 0 Å². The molecule has 3 atom stereocenters. The second-order valence-electron chi connectivity index (χ2n) is 4.67. The van der Waals surface area contributed by atoms with E-state index in [0.717, 1.165) is 5.56 Å². The van der Waals surface area contributed by atoms with E-state index in [1.807, 2.05) is 43.3 Å². The minimum Gasteiger partial charge on any atom is -0.372 e. The molecule has 2 rings (SSSR count). The van der Waals surface area contributed by atoms with Crippen molar-refractivity contribution in [3.8, 4) is 0 Å². The monoisotopic (exact) mass is 230 g/mol. The van der Waals surface area contributed by atoms with Crippen LogP contribution in [0, 0.1) is 11.8 Å². The number of carbonyl (C=O) groups is 1. The Balaban J connectivity index is 1.99. The van der Waals surface area contributed by atoms with E-state index in [-0.39, 0.29) is 17.8 Å². The molecule has 0 unspecified atom stereocenters. The van der Waals surface area contributed by atoms with Crippen LogP contribution in [0.15, 0.2) is 42.5 Å². The topological polar surface area (TPSA) is 26.3 Å². The van der Waals surface area contributed by atoms with Crippen molar-refractivity contribution in [1.29, 1.82) is 0 Å². The highest BCUT2D eigenvalue weighted by molar-refractivity contribution is 5.92. The standard InChI is InChI=1S/C15H18O2/c1-11-8-9-14(16)12(2)15(11)17-10-13-6-4-3-5-7-13/h3-9,11-12,15H,10H2,1-2H3/t11-,12-,15+/m1/s1.